The van der Waals surface area contributed by atoms with Gasteiger partial charge >= 0.3 is 0 Å². The summed E-state index contributed by atoms with van der Waals surface area (Å²) in [4.78, 5) is 8.25. The van der Waals surface area contributed by atoms with E-state index in [2.05, 4.69) is 39.3 Å². The zero-order valence-electron chi connectivity index (χ0n) is 12.9. The van der Waals surface area contributed by atoms with Crippen molar-refractivity contribution in [2.45, 2.75) is 19.3 Å². The zero-order chi connectivity index (χ0) is 15.2. The Morgan fingerprint density at radius 2 is 2.05 bits per heavy atom. The molecule has 0 bridgehead atoms. The fourth-order valence-corrected chi connectivity index (χ4v) is 2.97. The number of benzene rings is 1. The maximum Gasteiger partial charge on any atom is 0.122 e. The van der Waals surface area contributed by atoms with E-state index in [1.54, 1.807) is 7.11 Å². The summed E-state index contributed by atoms with van der Waals surface area (Å²) < 4.78 is 6.50. The molecular formula is C16H25NO3. The molecule has 0 radical (unpaired) electrons. The summed E-state index contributed by atoms with van der Waals surface area (Å²) in [6, 6.07) is 6.46. The van der Waals surface area contributed by atoms with E-state index >= 15 is 0 Å². The van der Waals surface area contributed by atoms with E-state index < -0.39 is 6.47 Å². The van der Waals surface area contributed by atoms with E-state index in [0.717, 1.165) is 16.2 Å². The van der Waals surface area contributed by atoms with Crippen molar-refractivity contribution in [3.63, 3.8) is 0 Å². The first-order valence-corrected chi connectivity index (χ1v) is 6.92. The lowest BCUT2D eigenvalue weighted by atomic mass is 9.83. The molecule has 1 aromatic rings. The molecule has 1 atom stereocenters. The smallest absolute Gasteiger partial charge is 0.122 e. The maximum atomic E-state index is 8.25. The Morgan fingerprint density at radius 1 is 1.40 bits per heavy atom. The number of nitrogens with zero attached hydrogens (tertiary/aromatic N) is 1. The molecule has 0 saturated heterocycles. The van der Waals surface area contributed by atoms with Crippen LogP contribution < -0.4 is 9.84 Å². The highest BCUT2D eigenvalue weighted by Crippen LogP contribution is 2.32. The zero-order valence-corrected chi connectivity index (χ0v) is 12.9. The van der Waals surface area contributed by atoms with Gasteiger partial charge in [-0.05, 0) is 36.5 Å². The fourth-order valence-electron chi connectivity index (χ4n) is 2.97. The van der Waals surface area contributed by atoms with Gasteiger partial charge in [0, 0.05) is 12.4 Å². The topological polar surface area (TPSA) is 49.4 Å². The van der Waals surface area contributed by atoms with Crippen LogP contribution in [0.25, 0.3) is 0 Å². The van der Waals surface area contributed by atoms with Crippen LogP contribution in [-0.2, 0) is 17.6 Å². The SMILES string of the molecule is COc1cccc2c1CCC(C[N+](C)(C)C)C2.O=C[O-]. The van der Waals surface area contributed by atoms with Crippen LogP contribution in [0.3, 0.4) is 0 Å². The van der Waals surface area contributed by atoms with Crippen molar-refractivity contribution in [3.8, 4) is 5.75 Å². The average Bonchev–Trinajstić information content (AvgIpc) is 2.36. The molecule has 0 aliphatic heterocycles. The lowest BCUT2D eigenvalue weighted by Crippen LogP contribution is -2.40. The molecule has 112 valence electrons. The lowest BCUT2D eigenvalue weighted by molar-refractivity contribution is -0.874. The van der Waals surface area contributed by atoms with Gasteiger partial charge in [0.25, 0.3) is 0 Å². The molecule has 1 aliphatic rings. The highest BCUT2D eigenvalue weighted by molar-refractivity contribution is 5.41. The Kier molecular flexibility index (Phi) is 6.02. The Bertz CT molecular complexity index is 438. The van der Waals surface area contributed by atoms with Crippen molar-refractivity contribution in [3.05, 3.63) is 29.3 Å². The minimum Gasteiger partial charge on any atom is -0.554 e. The van der Waals surface area contributed by atoms with Gasteiger partial charge < -0.3 is 19.1 Å². The average molecular weight is 279 g/mol. The quantitative estimate of drug-likeness (QED) is 0.609. The predicted octanol–water partition coefficient (Wildman–Crippen LogP) is 0.872. The van der Waals surface area contributed by atoms with Gasteiger partial charge in [0.05, 0.1) is 34.8 Å². The number of carbonyl (C=O) groups is 1. The number of carboxylic acid groups (broad SMARTS) is 1. The van der Waals surface area contributed by atoms with E-state index in [0.29, 0.717) is 0 Å². The van der Waals surface area contributed by atoms with Crippen molar-refractivity contribution < 1.29 is 19.1 Å². The number of rotatable bonds is 3. The Morgan fingerprint density at radius 3 is 2.60 bits per heavy atom. The van der Waals surface area contributed by atoms with Gasteiger partial charge in [-0.25, -0.2) is 0 Å². The van der Waals surface area contributed by atoms with Crippen LogP contribution in [-0.4, -0.2) is 45.8 Å². The summed E-state index contributed by atoms with van der Waals surface area (Å²) in [5.41, 5.74) is 2.93. The first-order chi connectivity index (χ1) is 9.41. The van der Waals surface area contributed by atoms with Crippen LogP contribution in [0.2, 0.25) is 0 Å². The maximum absolute atomic E-state index is 8.25. The molecule has 0 saturated carbocycles. The third-order valence-electron chi connectivity index (χ3n) is 3.57. The first kappa shape index (κ1) is 16.5. The lowest BCUT2D eigenvalue weighted by Gasteiger charge is -2.32. The number of hydrogen-bond acceptors (Lipinski definition) is 3. The molecule has 0 aromatic heterocycles. The van der Waals surface area contributed by atoms with Crippen LogP contribution >= 0.6 is 0 Å². The monoisotopic (exact) mass is 279 g/mol. The summed E-state index contributed by atoms with van der Waals surface area (Å²) in [5, 5.41) is 8.25. The Hall–Kier alpha value is -1.55. The second-order valence-corrected chi connectivity index (χ2v) is 6.28. The predicted molar refractivity (Wildman–Crippen MR) is 77.5 cm³/mol. The number of fused-ring (bicyclic) bond motifs is 1. The van der Waals surface area contributed by atoms with Gasteiger partial charge in [-0.3, -0.25) is 0 Å². The highest BCUT2D eigenvalue weighted by atomic mass is 16.5. The molecule has 20 heavy (non-hydrogen) atoms. The molecule has 0 amide bonds. The van der Waals surface area contributed by atoms with Crippen LogP contribution in [0.1, 0.15) is 17.5 Å². The highest BCUT2D eigenvalue weighted by Gasteiger charge is 2.25. The van der Waals surface area contributed by atoms with E-state index in [1.807, 2.05) is 0 Å². The van der Waals surface area contributed by atoms with Crippen molar-refractivity contribution in [2.75, 3.05) is 34.8 Å². The van der Waals surface area contributed by atoms with Crippen LogP contribution in [0, 0.1) is 5.92 Å². The Balaban J connectivity index is 0.000000612. The van der Waals surface area contributed by atoms with Gasteiger partial charge in [0.2, 0.25) is 0 Å². The van der Waals surface area contributed by atoms with Crippen LogP contribution in [0.5, 0.6) is 5.75 Å². The molecule has 4 nitrogen and oxygen atoms in total. The number of carbonyl (C=O) groups excluding carboxylic acids is 1. The van der Waals surface area contributed by atoms with Gasteiger partial charge in [-0.1, -0.05) is 12.1 Å². The summed E-state index contributed by atoms with van der Waals surface area (Å²) in [5.74, 6) is 1.89. The summed E-state index contributed by atoms with van der Waals surface area (Å²) in [7, 11) is 8.61. The van der Waals surface area contributed by atoms with Crippen molar-refractivity contribution in [2.24, 2.45) is 5.92 Å². The van der Waals surface area contributed by atoms with Crippen molar-refractivity contribution in [1.29, 1.82) is 0 Å². The van der Waals surface area contributed by atoms with Gasteiger partial charge in [-0.2, -0.15) is 0 Å². The standard InChI is InChI=1S/C15H24NO.CH2O2/c1-16(2,3)11-12-8-9-14-13(10-12)6-5-7-15(14)17-4;2-1-3/h5-7,12H,8-11H2,1-4H3;1H,(H,2,3)/q+1;/p-1. The molecule has 0 spiro atoms. The number of ether oxygens (including phenoxy) is 1. The first-order valence-electron chi connectivity index (χ1n) is 6.92. The number of hydrogen-bond donors (Lipinski definition) is 0. The summed E-state index contributed by atoms with van der Waals surface area (Å²) >= 11 is 0. The molecule has 1 aromatic carbocycles. The van der Waals surface area contributed by atoms with E-state index in [4.69, 9.17) is 14.6 Å². The van der Waals surface area contributed by atoms with Gasteiger partial charge in [-0.15, -0.1) is 0 Å². The fraction of sp³-hybridized carbons (Fsp3) is 0.562. The van der Waals surface area contributed by atoms with Crippen LogP contribution in [0.15, 0.2) is 18.2 Å². The molecule has 0 N–H and O–H groups in total. The molecule has 0 fully saturated rings. The van der Waals surface area contributed by atoms with E-state index in [-0.39, 0.29) is 0 Å². The van der Waals surface area contributed by atoms with Crippen molar-refractivity contribution in [1.82, 2.24) is 0 Å². The third-order valence-corrected chi connectivity index (χ3v) is 3.57. The molecular weight excluding hydrogens is 254 g/mol. The van der Waals surface area contributed by atoms with E-state index in [9.17, 15) is 0 Å². The molecule has 2 rings (SSSR count). The molecule has 4 heteroatoms. The molecule has 1 unspecified atom stereocenters. The molecule has 0 heterocycles. The number of quaternary nitrogens is 1. The largest absolute Gasteiger partial charge is 0.554 e. The summed E-state index contributed by atoms with van der Waals surface area (Å²) in [6.45, 7) is 0.761. The minimum atomic E-state index is -0.500. The van der Waals surface area contributed by atoms with Gasteiger partial charge in [0.1, 0.15) is 5.75 Å². The third kappa shape index (κ3) is 4.85. The number of methoxy groups -OCH3 is 1. The second kappa shape index (κ2) is 7.29. The van der Waals surface area contributed by atoms with Gasteiger partial charge in [0.15, 0.2) is 0 Å². The second-order valence-electron chi connectivity index (χ2n) is 6.28. The van der Waals surface area contributed by atoms with Crippen molar-refractivity contribution >= 4 is 6.47 Å². The van der Waals surface area contributed by atoms with E-state index in [1.165, 1.54) is 36.9 Å². The Labute approximate surface area is 121 Å². The molecule has 1 aliphatic carbocycles. The minimum absolute atomic E-state index is 0.500. The normalized spacial score (nSPS) is 17.5. The van der Waals surface area contributed by atoms with Crippen LogP contribution in [0.4, 0.5) is 0 Å². The summed E-state index contributed by atoms with van der Waals surface area (Å²) in [6.07, 6.45) is 3.68.